The van der Waals surface area contributed by atoms with Crippen LogP contribution in [-0.2, 0) is 0 Å². The fourth-order valence-electron chi connectivity index (χ4n) is 2.27. The van der Waals surface area contributed by atoms with Crippen molar-refractivity contribution >= 4 is 33.8 Å². The van der Waals surface area contributed by atoms with Crippen molar-refractivity contribution in [1.82, 2.24) is 0 Å². The second-order valence-corrected chi connectivity index (χ2v) is 6.44. The molecule has 0 fully saturated rings. The van der Waals surface area contributed by atoms with Crippen LogP contribution in [0.3, 0.4) is 0 Å². The Bertz CT molecular complexity index is 927. The summed E-state index contributed by atoms with van der Waals surface area (Å²) in [5.41, 5.74) is 1.96. The van der Waals surface area contributed by atoms with Gasteiger partial charge in [0.2, 0.25) is 0 Å². The van der Waals surface area contributed by atoms with E-state index in [1.54, 1.807) is 66.7 Å². The molecule has 0 amide bonds. The monoisotopic (exact) mass is 406 g/mol. The molecule has 0 aliphatic heterocycles. The number of allylic oxidation sites excluding steroid dienone is 1. The number of ether oxygens (including phenoxy) is 1. The number of ketones is 1. The zero-order chi connectivity index (χ0) is 18.4. The van der Waals surface area contributed by atoms with Crippen molar-refractivity contribution < 1.29 is 14.3 Å². The second kappa shape index (κ2) is 8.41. The molecule has 3 rings (SSSR count). The lowest BCUT2D eigenvalue weighted by atomic mass is 10.1. The van der Waals surface area contributed by atoms with Crippen LogP contribution in [0.15, 0.2) is 89.4 Å². The van der Waals surface area contributed by atoms with Crippen LogP contribution in [0, 0.1) is 0 Å². The first-order valence-electron chi connectivity index (χ1n) is 7.97. The number of halogens is 1. The predicted molar refractivity (Wildman–Crippen MR) is 105 cm³/mol. The molecule has 0 saturated carbocycles. The number of rotatable bonds is 5. The average Bonchev–Trinajstić information content (AvgIpc) is 2.68. The number of carbonyl (C=O) groups is 2. The molecule has 3 nitrogen and oxygen atoms in total. The number of hydrogen-bond acceptors (Lipinski definition) is 3. The van der Waals surface area contributed by atoms with Gasteiger partial charge in [-0.05, 0) is 48.0 Å². The summed E-state index contributed by atoms with van der Waals surface area (Å²) < 4.78 is 6.24. The largest absolute Gasteiger partial charge is 0.423 e. The SMILES string of the molecule is O=C(/C=C/c1ccc(OC(=O)c2ccc(Br)cc2)cc1)c1ccccc1. The molecule has 4 heteroatoms. The summed E-state index contributed by atoms with van der Waals surface area (Å²) >= 11 is 3.33. The van der Waals surface area contributed by atoms with Crippen molar-refractivity contribution in [2.24, 2.45) is 0 Å². The Labute approximate surface area is 160 Å². The molecule has 0 unspecified atom stereocenters. The fourth-order valence-corrected chi connectivity index (χ4v) is 2.53. The van der Waals surface area contributed by atoms with Crippen LogP contribution in [0.1, 0.15) is 26.3 Å². The van der Waals surface area contributed by atoms with Crippen molar-refractivity contribution in [2.75, 3.05) is 0 Å². The predicted octanol–water partition coefficient (Wildman–Crippen LogP) is 5.56. The van der Waals surface area contributed by atoms with Crippen LogP contribution >= 0.6 is 15.9 Å². The van der Waals surface area contributed by atoms with Gasteiger partial charge >= 0.3 is 5.97 Å². The molecule has 0 aliphatic carbocycles. The Balaban J connectivity index is 1.63. The van der Waals surface area contributed by atoms with E-state index in [0.717, 1.165) is 10.0 Å². The Hall–Kier alpha value is -2.98. The maximum absolute atomic E-state index is 12.1. The lowest BCUT2D eigenvalue weighted by molar-refractivity contribution is 0.0734. The molecule has 0 atom stereocenters. The molecule has 0 radical (unpaired) electrons. The molecule has 0 N–H and O–H groups in total. The number of benzene rings is 3. The van der Waals surface area contributed by atoms with Gasteiger partial charge in [0, 0.05) is 10.0 Å². The van der Waals surface area contributed by atoms with Gasteiger partial charge in [-0.2, -0.15) is 0 Å². The normalized spacial score (nSPS) is 10.7. The Morgan fingerprint density at radius 3 is 2.08 bits per heavy atom. The standard InChI is InChI=1S/C22H15BrO3/c23-19-11-9-18(10-12-19)22(25)26-20-13-6-16(7-14-20)8-15-21(24)17-4-2-1-3-5-17/h1-15H/b15-8+. The number of carbonyl (C=O) groups excluding carboxylic acids is 2. The second-order valence-electron chi connectivity index (χ2n) is 5.53. The van der Waals surface area contributed by atoms with Crippen molar-refractivity contribution in [3.63, 3.8) is 0 Å². The molecular weight excluding hydrogens is 392 g/mol. The third-order valence-corrected chi connectivity index (χ3v) is 4.18. The highest BCUT2D eigenvalue weighted by Crippen LogP contribution is 2.17. The van der Waals surface area contributed by atoms with Crippen molar-refractivity contribution in [3.05, 3.63) is 106 Å². The number of hydrogen-bond donors (Lipinski definition) is 0. The van der Waals surface area contributed by atoms with E-state index in [1.807, 2.05) is 18.2 Å². The van der Waals surface area contributed by atoms with Gasteiger partial charge in [0.05, 0.1) is 5.56 Å². The molecular formula is C22H15BrO3. The van der Waals surface area contributed by atoms with Gasteiger partial charge < -0.3 is 4.74 Å². The summed E-state index contributed by atoms with van der Waals surface area (Å²) in [5.74, 6) is -0.0270. The van der Waals surface area contributed by atoms with E-state index in [2.05, 4.69) is 15.9 Å². The summed E-state index contributed by atoms with van der Waals surface area (Å²) in [5, 5.41) is 0. The quantitative estimate of drug-likeness (QED) is 0.241. The van der Waals surface area contributed by atoms with E-state index >= 15 is 0 Å². The van der Waals surface area contributed by atoms with Gasteiger partial charge in [0.1, 0.15) is 5.75 Å². The Kier molecular flexibility index (Phi) is 5.77. The third-order valence-electron chi connectivity index (χ3n) is 3.66. The van der Waals surface area contributed by atoms with Crippen LogP contribution < -0.4 is 4.74 Å². The molecule has 0 bridgehead atoms. The minimum atomic E-state index is -0.417. The molecule has 26 heavy (non-hydrogen) atoms. The molecule has 0 aromatic heterocycles. The van der Waals surface area contributed by atoms with Crippen molar-refractivity contribution in [2.45, 2.75) is 0 Å². The maximum atomic E-state index is 12.1. The fraction of sp³-hybridized carbons (Fsp3) is 0. The first-order chi connectivity index (χ1) is 12.6. The van der Waals surface area contributed by atoms with Gasteiger partial charge in [-0.25, -0.2) is 4.79 Å². The first kappa shape index (κ1) is 17.8. The van der Waals surface area contributed by atoms with Gasteiger partial charge in [-0.15, -0.1) is 0 Å². The molecule has 128 valence electrons. The third kappa shape index (κ3) is 4.77. The molecule has 3 aromatic rings. The van der Waals surface area contributed by atoms with Crippen molar-refractivity contribution in [3.8, 4) is 5.75 Å². The van der Waals surface area contributed by atoms with Crippen molar-refractivity contribution in [1.29, 1.82) is 0 Å². The van der Waals surface area contributed by atoms with Crippen LogP contribution in [0.2, 0.25) is 0 Å². The van der Waals surface area contributed by atoms with Crippen LogP contribution in [0.5, 0.6) is 5.75 Å². The average molecular weight is 407 g/mol. The van der Waals surface area contributed by atoms with Crippen LogP contribution in [0.4, 0.5) is 0 Å². The van der Waals surface area contributed by atoms with E-state index in [0.29, 0.717) is 16.9 Å². The van der Waals surface area contributed by atoms with Crippen LogP contribution in [-0.4, -0.2) is 11.8 Å². The van der Waals surface area contributed by atoms with Gasteiger partial charge in [0.15, 0.2) is 5.78 Å². The molecule has 0 heterocycles. The summed E-state index contributed by atoms with van der Waals surface area (Å²) in [6.45, 7) is 0. The smallest absolute Gasteiger partial charge is 0.343 e. The van der Waals surface area contributed by atoms with Gasteiger partial charge in [-0.3, -0.25) is 4.79 Å². The van der Waals surface area contributed by atoms with E-state index in [1.165, 1.54) is 6.08 Å². The van der Waals surface area contributed by atoms with E-state index < -0.39 is 5.97 Å². The highest BCUT2D eigenvalue weighted by atomic mass is 79.9. The minimum Gasteiger partial charge on any atom is -0.423 e. The highest BCUT2D eigenvalue weighted by Gasteiger charge is 2.08. The van der Waals surface area contributed by atoms with Gasteiger partial charge in [0.25, 0.3) is 0 Å². The number of esters is 1. The molecule has 0 spiro atoms. The Morgan fingerprint density at radius 2 is 1.42 bits per heavy atom. The Morgan fingerprint density at radius 1 is 0.769 bits per heavy atom. The topological polar surface area (TPSA) is 43.4 Å². The molecule has 0 saturated heterocycles. The summed E-state index contributed by atoms with van der Waals surface area (Å²) in [7, 11) is 0. The van der Waals surface area contributed by atoms with E-state index in [4.69, 9.17) is 4.74 Å². The van der Waals surface area contributed by atoms with Gasteiger partial charge in [-0.1, -0.05) is 64.5 Å². The lowest BCUT2D eigenvalue weighted by Gasteiger charge is -2.05. The summed E-state index contributed by atoms with van der Waals surface area (Å²) in [6, 6.07) is 23.0. The van der Waals surface area contributed by atoms with E-state index in [9.17, 15) is 9.59 Å². The highest BCUT2D eigenvalue weighted by molar-refractivity contribution is 9.10. The summed E-state index contributed by atoms with van der Waals surface area (Å²) in [4.78, 5) is 24.1. The maximum Gasteiger partial charge on any atom is 0.343 e. The lowest BCUT2D eigenvalue weighted by Crippen LogP contribution is -2.08. The minimum absolute atomic E-state index is 0.0589. The summed E-state index contributed by atoms with van der Waals surface area (Å²) in [6.07, 6.45) is 3.26. The van der Waals surface area contributed by atoms with Crippen LogP contribution in [0.25, 0.3) is 6.08 Å². The zero-order valence-corrected chi connectivity index (χ0v) is 15.3. The zero-order valence-electron chi connectivity index (χ0n) is 13.8. The van der Waals surface area contributed by atoms with E-state index in [-0.39, 0.29) is 5.78 Å². The molecule has 0 aliphatic rings. The first-order valence-corrected chi connectivity index (χ1v) is 8.76. The molecule has 3 aromatic carbocycles.